The van der Waals surface area contributed by atoms with E-state index in [-0.39, 0.29) is 35.1 Å². The fourth-order valence-electron chi connectivity index (χ4n) is 3.84. The lowest BCUT2D eigenvalue weighted by molar-refractivity contribution is -0.210. The molecule has 0 aromatic carbocycles. The van der Waals surface area contributed by atoms with Gasteiger partial charge in [0.2, 0.25) is 5.91 Å². The molecule has 2 rings (SSSR count). The minimum atomic E-state index is -0.246. The van der Waals surface area contributed by atoms with Crippen LogP contribution in [0, 0.1) is 5.41 Å². The first-order valence-corrected chi connectivity index (χ1v) is 9.11. The van der Waals surface area contributed by atoms with Gasteiger partial charge in [-0.05, 0) is 60.0 Å². The molecular weight excluding hydrogens is 292 g/mol. The van der Waals surface area contributed by atoms with E-state index < -0.39 is 0 Å². The van der Waals surface area contributed by atoms with E-state index in [0.717, 1.165) is 38.8 Å². The number of nitrogens with zero attached hydrogens (tertiary/aromatic N) is 1. The highest BCUT2D eigenvalue weighted by molar-refractivity contribution is 5.82. The van der Waals surface area contributed by atoms with Crippen LogP contribution in [0.25, 0.3) is 0 Å². The van der Waals surface area contributed by atoms with E-state index in [1.807, 2.05) is 13.8 Å². The standard InChI is InChI=1S/C18H34N2O3/c1-6-17(4,5)19-16(22)13(3)20-10-8-18(9-11-20)14(21)12-15(18)23-7-2/h13-15,21H,6-12H2,1-5H3,(H,19,22). The molecule has 0 aromatic rings. The Labute approximate surface area is 140 Å². The van der Waals surface area contributed by atoms with E-state index in [1.165, 1.54) is 0 Å². The van der Waals surface area contributed by atoms with Crippen LogP contribution in [0.5, 0.6) is 0 Å². The highest BCUT2D eigenvalue weighted by atomic mass is 16.5. The minimum Gasteiger partial charge on any atom is -0.392 e. The molecule has 1 heterocycles. The van der Waals surface area contributed by atoms with Gasteiger partial charge in [0.25, 0.3) is 0 Å². The molecule has 1 aliphatic carbocycles. The summed E-state index contributed by atoms with van der Waals surface area (Å²) < 4.78 is 5.81. The predicted octanol–water partition coefficient (Wildman–Crippen LogP) is 1.93. The van der Waals surface area contributed by atoms with Gasteiger partial charge in [0.05, 0.1) is 18.2 Å². The summed E-state index contributed by atoms with van der Waals surface area (Å²) in [6, 6.07) is -0.124. The third-order valence-electron chi connectivity index (χ3n) is 6.11. The SMILES string of the molecule is CCOC1CC(O)C12CCN(C(C)C(=O)NC(C)(C)CC)CC2. The van der Waals surface area contributed by atoms with Crippen LogP contribution in [-0.2, 0) is 9.53 Å². The summed E-state index contributed by atoms with van der Waals surface area (Å²) in [5.41, 5.74) is -0.238. The van der Waals surface area contributed by atoms with Crippen LogP contribution in [-0.4, -0.2) is 59.4 Å². The molecule has 5 heteroatoms. The first-order valence-electron chi connectivity index (χ1n) is 9.11. The summed E-state index contributed by atoms with van der Waals surface area (Å²) in [7, 11) is 0. The number of ether oxygens (including phenoxy) is 1. The number of carbonyl (C=O) groups excluding carboxylic acids is 1. The zero-order chi connectivity index (χ0) is 17.3. The molecule has 134 valence electrons. The summed E-state index contributed by atoms with van der Waals surface area (Å²) in [6.45, 7) is 12.6. The summed E-state index contributed by atoms with van der Waals surface area (Å²) in [6.07, 6.45) is 3.43. The maximum absolute atomic E-state index is 12.5. The second-order valence-corrected chi connectivity index (χ2v) is 7.87. The van der Waals surface area contributed by atoms with Gasteiger partial charge in [-0.15, -0.1) is 0 Å². The third kappa shape index (κ3) is 3.72. The second kappa shape index (κ2) is 7.08. The van der Waals surface area contributed by atoms with Gasteiger partial charge < -0.3 is 15.2 Å². The van der Waals surface area contributed by atoms with E-state index >= 15 is 0 Å². The molecule has 2 aliphatic rings. The summed E-state index contributed by atoms with van der Waals surface area (Å²) in [4.78, 5) is 14.7. The smallest absolute Gasteiger partial charge is 0.237 e. The van der Waals surface area contributed by atoms with Gasteiger partial charge in [-0.25, -0.2) is 0 Å². The Morgan fingerprint density at radius 2 is 2.00 bits per heavy atom. The number of piperidine rings is 1. The van der Waals surface area contributed by atoms with Crippen molar-refractivity contribution in [1.82, 2.24) is 10.2 Å². The highest BCUT2D eigenvalue weighted by Gasteiger charge is 2.56. The summed E-state index contributed by atoms with van der Waals surface area (Å²) in [5, 5.41) is 13.4. The van der Waals surface area contributed by atoms with Gasteiger partial charge in [0.15, 0.2) is 0 Å². The zero-order valence-electron chi connectivity index (χ0n) is 15.4. The van der Waals surface area contributed by atoms with Crippen LogP contribution in [0.2, 0.25) is 0 Å². The quantitative estimate of drug-likeness (QED) is 0.783. The number of aliphatic hydroxyl groups is 1. The van der Waals surface area contributed by atoms with Crippen molar-refractivity contribution >= 4 is 5.91 Å². The molecule has 1 amide bonds. The number of likely N-dealkylation sites (tertiary alicyclic amines) is 1. The number of hydrogen-bond acceptors (Lipinski definition) is 4. The molecule has 3 atom stereocenters. The maximum Gasteiger partial charge on any atom is 0.237 e. The van der Waals surface area contributed by atoms with Crippen molar-refractivity contribution < 1.29 is 14.6 Å². The van der Waals surface area contributed by atoms with E-state index in [2.05, 4.69) is 31.0 Å². The molecule has 1 saturated heterocycles. The Balaban J connectivity index is 1.90. The number of carbonyl (C=O) groups is 1. The molecule has 2 fully saturated rings. The van der Waals surface area contributed by atoms with Crippen molar-refractivity contribution in [2.45, 2.75) is 84.1 Å². The predicted molar refractivity (Wildman–Crippen MR) is 91.3 cm³/mol. The van der Waals surface area contributed by atoms with Gasteiger partial charge in [-0.2, -0.15) is 0 Å². The van der Waals surface area contributed by atoms with Crippen molar-refractivity contribution in [3.63, 3.8) is 0 Å². The number of amides is 1. The van der Waals surface area contributed by atoms with Crippen molar-refractivity contribution in [3.8, 4) is 0 Å². The molecule has 3 unspecified atom stereocenters. The molecule has 0 bridgehead atoms. The van der Waals surface area contributed by atoms with Gasteiger partial charge in [0, 0.05) is 24.0 Å². The monoisotopic (exact) mass is 326 g/mol. The van der Waals surface area contributed by atoms with Gasteiger partial charge in [-0.1, -0.05) is 6.92 Å². The van der Waals surface area contributed by atoms with Crippen LogP contribution in [0.15, 0.2) is 0 Å². The number of nitrogens with one attached hydrogen (secondary N) is 1. The lowest BCUT2D eigenvalue weighted by Gasteiger charge is -2.57. The Hall–Kier alpha value is -0.650. The molecule has 23 heavy (non-hydrogen) atoms. The number of hydrogen-bond donors (Lipinski definition) is 2. The fraction of sp³-hybridized carbons (Fsp3) is 0.944. The largest absolute Gasteiger partial charge is 0.392 e. The molecule has 5 nitrogen and oxygen atoms in total. The highest BCUT2D eigenvalue weighted by Crippen LogP contribution is 2.51. The molecule has 0 radical (unpaired) electrons. The second-order valence-electron chi connectivity index (χ2n) is 7.87. The number of rotatable bonds is 6. The van der Waals surface area contributed by atoms with Gasteiger partial charge in [-0.3, -0.25) is 9.69 Å². The fourth-order valence-corrected chi connectivity index (χ4v) is 3.84. The van der Waals surface area contributed by atoms with Crippen molar-refractivity contribution in [2.75, 3.05) is 19.7 Å². The molecule has 0 aromatic heterocycles. The summed E-state index contributed by atoms with van der Waals surface area (Å²) >= 11 is 0. The van der Waals surface area contributed by atoms with E-state index in [1.54, 1.807) is 0 Å². The molecule has 1 saturated carbocycles. The van der Waals surface area contributed by atoms with E-state index in [9.17, 15) is 9.90 Å². The number of aliphatic hydroxyl groups excluding tert-OH is 1. The molecule has 1 aliphatic heterocycles. The Morgan fingerprint density at radius 1 is 1.39 bits per heavy atom. The van der Waals surface area contributed by atoms with Crippen molar-refractivity contribution in [2.24, 2.45) is 5.41 Å². The molecule has 1 spiro atoms. The van der Waals surface area contributed by atoms with Crippen LogP contribution in [0.4, 0.5) is 0 Å². The van der Waals surface area contributed by atoms with Crippen molar-refractivity contribution in [1.29, 1.82) is 0 Å². The first-order chi connectivity index (χ1) is 10.8. The molecule has 2 N–H and O–H groups in total. The Kier molecular flexibility index (Phi) is 5.75. The Bertz CT molecular complexity index is 414. The van der Waals surface area contributed by atoms with Gasteiger partial charge >= 0.3 is 0 Å². The maximum atomic E-state index is 12.5. The lowest BCUT2D eigenvalue weighted by Crippen LogP contribution is -2.64. The molecular formula is C18H34N2O3. The first kappa shape index (κ1) is 18.7. The average Bonchev–Trinajstić information content (AvgIpc) is 2.53. The average molecular weight is 326 g/mol. The van der Waals surface area contributed by atoms with E-state index in [0.29, 0.717) is 6.61 Å². The minimum absolute atomic E-state index is 0.0780. The van der Waals surface area contributed by atoms with Crippen LogP contribution in [0.1, 0.15) is 60.3 Å². The lowest BCUT2D eigenvalue weighted by atomic mass is 9.58. The van der Waals surface area contributed by atoms with Crippen LogP contribution < -0.4 is 5.32 Å². The van der Waals surface area contributed by atoms with Crippen molar-refractivity contribution in [3.05, 3.63) is 0 Å². The van der Waals surface area contributed by atoms with Gasteiger partial charge in [0.1, 0.15) is 0 Å². The topological polar surface area (TPSA) is 61.8 Å². The van der Waals surface area contributed by atoms with Crippen LogP contribution in [0.3, 0.4) is 0 Å². The Morgan fingerprint density at radius 3 is 2.48 bits per heavy atom. The normalized spacial score (nSPS) is 29.1. The third-order valence-corrected chi connectivity index (χ3v) is 6.11. The summed E-state index contributed by atoms with van der Waals surface area (Å²) in [5.74, 6) is 0.100. The van der Waals surface area contributed by atoms with E-state index in [4.69, 9.17) is 4.74 Å². The van der Waals surface area contributed by atoms with Crippen LogP contribution >= 0.6 is 0 Å². The zero-order valence-corrected chi connectivity index (χ0v) is 15.4.